The molecule has 0 saturated heterocycles. The number of rotatable bonds is 4. The lowest BCUT2D eigenvalue weighted by Crippen LogP contribution is -2.13. The maximum atomic E-state index is 4.63. The SMILES string of the molecule is CCCCC1=NN(C)C(c2ccccc2)C1. The Balaban J connectivity index is 2.01. The van der Waals surface area contributed by atoms with E-state index in [-0.39, 0.29) is 0 Å². The highest BCUT2D eigenvalue weighted by Gasteiger charge is 2.24. The summed E-state index contributed by atoms with van der Waals surface area (Å²) < 4.78 is 0. The number of hydrogen-bond donors (Lipinski definition) is 0. The first-order valence-electron chi connectivity index (χ1n) is 6.15. The summed E-state index contributed by atoms with van der Waals surface area (Å²) in [5.74, 6) is 0. The summed E-state index contributed by atoms with van der Waals surface area (Å²) in [5.41, 5.74) is 2.73. The number of hydrazone groups is 1. The molecule has 1 heterocycles. The van der Waals surface area contributed by atoms with Gasteiger partial charge in [0.2, 0.25) is 0 Å². The topological polar surface area (TPSA) is 15.6 Å². The van der Waals surface area contributed by atoms with E-state index in [1.54, 1.807) is 0 Å². The van der Waals surface area contributed by atoms with Crippen molar-refractivity contribution >= 4 is 5.71 Å². The molecule has 16 heavy (non-hydrogen) atoms. The Morgan fingerprint density at radius 1 is 1.31 bits per heavy atom. The van der Waals surface area contributed by atoms with Crippen molar-refractivity contribution in [1.29, 1.82) is 0 Å². The molecule has 2 rings (SSSR count). The zero-order chi connectivity index (χ0) is 11.4. The Hall–Kier alpha value is -1.31. The van der Waals surface area contributed by atoms with Gasteiger partial charge in [0.15, 0.2) is 0 Å². The molecule has 0 bridgehead atoms. The van der Waals surface area contributed by atoms with E-state index in [1.807, 2.05) is 0 Å². The van der Waals surface area contributed by atoms with Crippen LogP contribution in [0.4, 0.5) is 0 Å². The van der Waals surface area contributed by atoms with Crippen molar-refractivity contribution in [3.63, 3.8) is 0 Å². The van der Waals surface area contributed by atoms with E-state index < -0.39 is 0 Å². The Bertz CT molecular complexity index is 356. The van der Waals surface area contributed by atoms with Crippen molar-refractivity contribution in [2.45, 2.75) is 38.6 Å². The van der Waals surface area contributed by atoms with E-state index in [0.717, 1.165) is 12.8 Å². The number of hydrogen-bond acceptors (Lipinski definition) is 2. The predicted octanol–water partition coefficient (Wildman–Crippen LogP) is 3.61. The molecule has 0 aromatic heterocycles. The number of nitrogens with zero attached hydrogens (tertiary/aromatic N) is 2. The van der Waals surface area contributed by atoms with Crippen LogP contribution in [-0.4, -0.2) is 17.8 Å². The van der Waals surface area contributed by atoms with Gasteiger partial charge in [-0.15, -0.1) is 0 Å². The van der Waals surface area contributed by atoms with Gasteiger partial charge in [-0.25, -0.2) is 0 Å². The Morgan fingerprint density at radius 3 is 2.75 bits per heavy atom. The second-order valence-corrected chi connectivity index (χ2v) is 4.47. The van der Waals surface area contributed by atoms with Gasteiger partial charge in [-0.3, -0.25) is 5.01 Å². The van der Waals surface area contributed by atoms with E-state index in [0.29, 0.717) is 6.04 Å². The average Bonchev–Trinajstić information content (AvgIpc) is 2.69. The van der Waals surface area contributed by atoms with E-state index in [9.17, 15) is 0 Å². The molecule has 2 heteroatoms. The van der Waals surface area contributed by atoms with Crippen molar-refractivity contribution in [1.82, 2.24) is 5.01 Å². The molecule has 0 amide bonds. The fourth-order valence-electron chi connectivity index (χ4n) is 2.23. The molecule has 0 N–H and O–H groups in total. The maximum absolute atomic E-state index is 4.63. The second kappa shape index (κ2) is 5.15. The fraction of sp³-hybridized carbons (Fsp3) is 0.500. The molecule has 1 unspecified atom stereocenters. The molecule has 1 aromatic rings. The summed E-state index contributed by atoms with van der Waals surface area (Å²) in [6, 6.07) is 11.1. The minimum atomic E-state index is 0.452. The summed E-state index contributed by atoms with van der Waals surface area (Å²) in [6.45, 7) is 2.23. The van der Waals surface area contributed by atoms with E-state index in [2.05, 4.69) is 54.4 Å². The molecular weight excluding hydrogens is 196 g/mol. The summed E-state index contributed by atoms with van der Waals surface area (Å²) in [7, 11) is 2.08. The minimum Gasteiger partial charge on any atom is -0.292 e. The van der Waals surface area contributed by atoms with Gasteiger partial charge in [0, 0.05) is 19.2 Å². The van der Waals surface area contributed by atoms with E-state index >= 15 is 0 Å². The van der Waals surface area contributed by atoms with Crippen LogP contribution >= 0.6 is 0 Å². The monoisotopic (exact) mass is 216 g/mol. The van der Waals surface area contributed by atoms with Crippen LogP contribution in [0.5, 0.6) is 0 Å². The highest BCUT2D eigenvalue weighted by Crippen LogP contribution is 2.30. The van der Waals surface area contributed by atoms with Crippen LogP contribution in [0.15, 0.2) is 35.4 Å². The van der Waals surface area contributed by atoms with E-state index in [1.165, 1.54) is 24.1 Å². The Labute approximate surface area is 98.0 Å². The Morgan fingerprint density at radius 2 is 2.06 bits per heavy atom. The zero-order valence-electron chi connectivity index (χ0n) is 10.2. The van der Waals surface area contributed by atoms with Crippen LogP contribution in [0.1, 0.15) is 44.2 Å². The van der Waals surface area contributed by atoms with Gasteiger partial charge in [0.05, 0.1) is 6.04 Å². The number of benzene rings is 1. The van der Waals surface area contributed by atoms with Crippen LogP contribution in [0.25, 0.3) is 0 Å². The van der Waals surface area contributed by atoms with Crippen LogP contribution in [0.2, 0.25) is 0 Å². The first-order chi connectivity index (χ1) is 7.81. The standard InChI is InChI=1S/C14H20N2/c1-3-4-10-13-11-14(16(2)15-13)12-8-6-5-7-9-12/h5-9,14H,3-4,10-11H2,1-2H3. The largest absolute Gasteiger partial charge is 0.292 e. The van der Waals surface area contributed by atoms with E-state index in [4.69, 9.17) is 0 Å². The highest BCUT2D eigenvalue weighted by molar-refractivity contribution is 5.86. The molecule has 0 fully saturated rings. The first kappa shape index (κ1) is 11.2. The van der Waals surface area contributed by atoms with Crippen LogP contribution in [0, 0.1) is 0 Å². The minimum absolute atomic E-state index is 0.452. The third-order valence-corrected chi connectivity index (χ3v) is 3.18. The third kappa shape index (κ3) is 2.43. The van der Waals surface area contributed by atoms with Gasteiger partial charge in [-0.05, 0) is 18.4 Å². The normalized spacial score (nSPS) is 20.0. The lowest BCUT2D eigenvalue weighted by molar-refractivity contribution is 0.290. The van der Waals surface area contributed by atoms with Gasteiger partial charge in [0.25, 0.3) is 0 Å². The summed E-state index contributed by atoms with van der Waals surface area (Å²) in [6.07, 6.45) is 4.76. The second-order valence-electron chi connectivity index (χ2n) is 4.47. The molecule has 0 saturated carbocycles. The molecular formula is C14H20N2. The van der Waals surface area contributed by atoms with Crippen molar-refractivity contribution in [3.8, 4) is 0 Å². The number of unbranched alkanes of at least 4 members (excludes halogenated alkanes) is 1. The average molecular weight is 216 g/mol. The third-order valence-electron chi connectivity index (χ3n) is 3.18. The maximum Gasteiger partial charge on any atom is 0.0769 e. The van der Waals surface area contributed by atoms with Crippen LogP contribution in [0.3, 0.4) is 0 Å². The lowest BCUT2D eigenvalue weighted by Gasteiger charge is -2.18. The molecule has 0 radical (unpaired) electrons. The summed E-state index contributed by atoms with van der Waals surface area (Å²) in [5, 5.41) is 6.75. The van der Waals surface area contributed by atoms with Crippen LogP contribution < -0.4 is 0 Å². The van der Waals surface area contributed by atoms with Gasteiger partial charge in [-0.2, -0.15) is 5.10 Å². The molecule has 1 aliphatic heterocycles. The lowest BCUT2D eigenvalue weighted by atomic mass is 10.00. The van der Waals surface area contributed by atoms with Crippen molar-refractivity contribution < 1.29 is 0 Å². The van der Waals surface area contributed by atoms with Crippen molar-refractivity contribution in [2.24, 2.45) is 5.10 Å². The molecule has 86 valence electrons. The van der Waals surface area contributed by atoms with Crippen molar-refractivity contribution in [3.05, 3.63) is 35.9 Å². The first-order valence-corrected chi connectivity index (χ1v) is 6.15. The van der Waals surface area contributed by atoms with Gasteiger partial charge < -0.3 is 0 Å². The molecule has 1 aromatic carbocycles. The van der Waals surface area contributed by atoms with Gasteiger partial charge >= 0.3 is 0 Å². The highest BCUT2D eigenvalue weighted by atomic mass is 15.5. The fourth-order valence-corrected chi connectivity index (χ4v) is 2.23. The smallest absolute Gasteiger partial charge is 0.0769 e. The molecule has 0 aliphatic carbocycles. The zero-order valence-corrected chi connectivity index (χ0v) is 10.2. The molecule has 1 atom stereocenters. The van der Waals surface area contributed by atoms with Crippen molar-refractivity contribution in [2.75, 3.05) is 7.05 Å². The summed E-state index contributed by atoms with van der Waals surface area (Å²) >= 11 is 0. The summed E-state index contributed by atoms with van der Waals surface area (Å²) in [4.78, 5) is 0. The molecule has 1 aliphatic rings. The van der Waals surface area contributed by atoms with Crippen LogP contribution in [-0.2, 0) is 0 Å². The molecule has 2 nitrogen and oxygen atoms in total. The quantitative estimate of drug-likeness (QED) is 0.750. The molecule has 0 spiro atoms. The van der Waals surface area contributed by atoms with Gasteiger partial charge in [0.1, 0.15) is 0 Å². The van der Waals surface area contributed by atoms with Gasteiger partial charge in [-0.1, -0.05) is 43.7 Å². The predicted molar refractivity (Wildman–Crippen MR) is 68.5 cm³/mol. The Kier molecular flexibility index (Phi) is 3.60.